The van der Waals surface area contributed by atoms with Crippen molar-refractivity contribution in [2.24, 2.45) is 0 Å². The third kappa shape index (κ3) is 2.61. The number of halogens is 1. The average Bonchev–Trinajstić information content (AvgIpc) is 2.75. The van der Waals surface area contributed by atoms with Crippen LogP contribution in [-0.2, 0) is 0 Å². The van der Waals surface area contributed by atoms with Crippen molar-refractivity contribution < 1.29 is 0 Å². The van der Waals surface area contributed by atoms with Crippen LogP contribution in [0.25, 0.3) is 0 Å². The molecule has 0 amide bonds. The van der Waals surface area contributed by atoms with E-state index in [-0.39, 0.29) is 0 Å². The molecule has 0 spiro atoms. The van der Waals surface area contributed by atoms with Gasteiger partial charge in [-0.2, -0.15) is 0 Å². The second-order valence-electron chi connectivity index (χ2n) is 3.93. The minimum Gasteiger partial charge on any atom is -0.293 e. The summed E-state index contributed by atoms with van der Waals surface area (Å²) in [7, 11) is 0. The van der Waals surface area contributed by atoms with Crippen molar-refractivity contribution in [2.75, 3.05) is 13.1 Å². The summed E-state index contributed by atoms with van der Waals surface area (Å²) in [6.45, 7) is 2.14. The molecule has 1 fully saturated rings. The van der Waals surface area contributed by atoms with Gasteiger partial charge in [-0.1, -0.05) is 48.0 Å². The molecule has 0 radical (unpaired) electrons. The summed E-state index contributed by atoms with van der Waals surface area (Å²) < 4.78 is 0. The summed E-state index contributed by atoms with van der Waals surface area (Å²) >= 11 is 5.57. The van der Waals surface area contributed by atoms with Crippen molar-refractivity contribution >= 4 is 11.6 Å². The van der Waals surface area contributed by atoms with E-state index in [1.165, 1.54) is 24.9 Å². The number of hydrogen-bond acceptors (Lipinski definition) is 1. The van der Waals surface area contributed by atoms with Gasteiger partial charge in [0.1, 0.15) is 0 Å². The number of nitrogens with zero attached hydrogens (tertiary/aromatic N) is 1. The largest absolute Gasteiger partial charge is 0.293 e. The SMILES string of the molecule is Cl/C=C/CN1CCCC1c1ccccc1. The Hall–Kier alpha value is -0.790. The zero-order chi connectivity index (χ0) is 10.5. The van der Waals surface area contributed by atoms with Crippen LogP contribution in [0.4, 0.5) is 0 Å². The zero-order valence-corrected chi connectivity index (χ0v) is 9.53. The molecule has 2 rings (SSSR count). The Labute approximate surface area is 96.4 Å². The second-order valence-corrected chi connectivity index (χ2v) is 4.18. The van der Waals surface area contributed by atoms with Gasteiger partial charge in [0.15, 0.2) is 0 Å². The van der Waals surface area contributed by atoms with Crippen molar-refractivity contribution in [3.8, 4) is 0 Å². The average molecular weight is 222 g/mol. The molecule has 0 saturated carbocycles. The lowest BCUT2D eigenvalue weighted by molar-refractivity contribution is 0.286. The van der Waals surface area contributed by atoms with Gasteiger partial charge in [0.2, 0.25) is 0 Å². The van der Waals surface area contributed by atoms with Crippen molar-refractivity contribution in [2.45, 2.75) is 18.9 Å². The monoisotopic (exact) mass is 221 g/mol. The lowest BCUT2D eigenvalue weighted by Gasteiger charge is -2.23. The Morgan fingerprint density at radius 1 is 1.33 bits per heavy atom. The van der Waals surface area contributed by atoms with E-state index in [1.54, 1.807) is 5.54 Å². The number of hydrogen-bond donors (Lipinski definition) is 0. The van der Waals surface area contributed by atoms with Crippen LogP contribution in [0, 0.1) is 0 Å². The summed E-state index contributed by atoms with van der Waals surface area (Å²) in [6.07, 6.45) is 4.57. The van der Waals surface area contributed by atoms with Gasteiger partial charge in [0.05, 0.1) is 0 Å². The first kappa shape index (κ1) is 10.7. The lowest BCUT2D eigenvalue weighted by atomic mass is 10.0. The summed E-state index contributed by atoms with van der Waals surface area (Å²) in [4.78, 5) is 2.48. The molecule has 1 aromatic rings. The minimum absolute atomic E-state index is 0.582. The Kier molecular flexibility index (Phi) is 3.81. The van der Waals surface area contributed by atoms with Crippen LogP contribution in [0.2, 0.25) is 0 Å². The van der Waals surface area contributed by atoms with E-state index in [0.717, 1.165) is 6.54 Å². The number of benzene rings is 1. The first-order valence-electron chi connectivity index (χ1n) is 5.46. The molecule has 80 valence electrons. The second kappa shape index (κ2) is 5.34. The molecule has 1 atom stereocenters. The fourth-order valence-corrected chi connectivity index (χ4v) is 2.35. The Bertz CT molecular complexity index is 321. The minimum atomic E-state index is 0.582. The van der Waals surface area contributed by atoms with Gasteiger partial charge in [-0.3, -0.25) is 4.90 Å². The molecule has 0 bridgehead atoms. The van der Waals surface area contributed by atoms with Crippen molar-refractivity contribution in [3.63, 3.8) is 0 Å². The number of rotatable bonds is 3. The van der Waals surface area contributed by atoms with Crippen LogP contribution in [0.3, 0.4) is 0 Å². The summed E-state index contributed by atoms with van der Waals surface area (Å²) in [5, 5.41) is 0. The van der Waals surface area contributed by atoms with Gasteiger partial charge in [-0.25, -0.2) is 0 Å². The molecule has 0 aromatic heterocycles. The quantitative estimate of drug-likeness (QED) is 0.754. The standard InChI is InChI=1S/C13H16ClN/c14-9-5-11-15-10-4-8-13(15)12-6-2-1-3-7-12/h1-3,5-7,9,13H,4,8,10-11H2/b9-5+. The highest BCUT2D eigenvalue weighted by Gasteiger charge is 2.24. The van der Waals surface area contributed by atoms with Crippen molar-refractivity contribution in [3.05, 3.63) is 47.5 Å². The van der Waals surface area contributed by atoms with Crippen LogP contribution < -0.4 is 0 Å². The molecule has 1 aromatic carbocycles. The third-order valence-electron chi connectivity index (χ3n) is 2.98. The van der Waals surface area contributed by atoms with Crippen molar-refractivity contribution in [1.82, 2.24) is 4.90 Å². The molecule has 1 unspecified atom stereocenters. The molecular formula is C13H16ClN. The first-order valence-corrected chi connectivity index (χ1v) is 5.89. The summed E-state index contributed by atoms with van der Waals surface area (Å²) in [5.41, 5.74) is 3.04. The van der Waals surface area contributed by atoms with Crippen LogP contribution in [0.5, 0.6) is 0 Å². The Morgan fingerprint density at radius 2 is 2.13 bits per heavy atom. The van der Waals surface area contributed by atoms with Gasteiger partial charge in [-0.15, -0.1) is 0 Å². The molecule has 1 nitrogen and oxygen atoms in total. The summed E-state index contributed by atoms with van der Waals surface area (Å²) in [6, 6.07) is 11.3. The zero-order valence-electron chi connectivity index (χ0n) is 8.77. The van der Waals surface area contributed by atoms with Gasteiger partial charge < -0.3 is 0 Å². The van der Waals surface area contributed by atoms with Crippen LogP contribution in [-0.4, -0.2) is 18.0 Å². The predicted octanol–water partition coefficient (Wildman–Crippen LogP) is 3.58. The molecule has 1 aliphatic rings. The maximum Gasteiger partial charge on any atom is 0.0351 e. The summed E-state index contributed by atoms with van der Waals surface area (Å²) in [5.74, 6) is 0. The number of likely N-dealkylation sites (tertiary alicyclic amines) is 1. The Morgan fingerprint density at radius 3 is 2.87 bits per heavy atom. The van der Waals surface area contributed by atoms with E-state index in [1.807, 2.05) is 6.08 Å². The first-order chi connectivity index (χ1) is 7.42. The van der Waals surface area contributed by atoms with Gasteiger partial charge >= 0.3 is 0 Å². The van der Waals surface area contributed by atoms with E-state index < -0.39 is 0 Å². The van der Waals surface area contributed by atoms with Gasteiger partial charge in [0, 0.05) is 18.1 Å². The van der Waals surface area contributed by atoms with Crippen LogP contribution in [0.1, 0.15) is 24.4 Å². The van der Waals surface area contributed by atoms with Gasteiger partial charge in [0.25, 0.3) is 0 Å². The van der Waals surface area contributed by atoms with Crippen molar-refractivity contribution in [1.29, 1.82) is 0 Å². The fourth-order valence-electron chi connectivity index (χ4n) is 2.27. The molecule has 0 aliphatic carbocycles. The maximum absolute atomic E-state index is 5.57. The van der Waals surface area contributed by atoms with E-state index in [9.17, 15) is 0 Å². The van der Waals surface area contributed by atoms with E-state index in [2.05, 4.69) is 35.2 Å². The predicted molar refractivity (Wildman–Crippen MR) is 65.0 cm³/mol. The molecule has 1 aliphatic heterocycles. The molecule has 1 heterocycles. The fraction of sp³-hybridized carbons (Fsp3) is 0.385. The van der Waals surface area contributed by atoms with Gasteiger partial charge in [-0.05, 0) is 24.9 Å². The molecule has 15 heavy (non-hydrogen) atoms. The Balaban J connectivity index is 2.08. The van der Waals surface area contributed by atoms with Crippen LogP contribution in [0.15, 0.2) is 41.9 Å². The lowest BCUT2D eigenvalue weighted by Crippen LogP contribution is -2.23. The van der Waals surface area contributed by atoms with E-state index in [0.29, 0.717) is 6.04 Å². The molecular weight excluding hydrogens is 206 g/mol. The molecule has 0 N–H and O–H groups in total. The molecule has 1 saturated heterocycles. The third-order valence-corrected chi connectivity index (χ3v) is 3.16. The smallest absolute Gasteiger partial charge is 0.0351 e. The highest BCUT2D eigenvalue weighted by molar-refractivity contribution is 6.25. The van der Waals surface area contributed by atoms with Crippen LogP contribution >= 0.6 is 11.6 Å². The molecule has 2 heteroatoms. The maximum atomic E-state index is 5.57. The highest BCUT2D eigenvalue weighted by Crippen LogP contribution is 2.31. The highest BCUT2D eigenvalue weighted by atomic mass is 35.5. The topological polar surface area (TPSA) is 3.24 Å². The normalized spacial score (nSPS) is 22.6. The van der Waals surface area contributed by atoms with E-state index >= 15 is 0 Å². The van der Waals surface area contributed by atoms with E-state index in [4.69, 9.17) is 11.6 Å².